The van der Waals surface area contributed by atoms with E-state index in [1.54, 1.807) is 17.5 Å². The molecule has 13 heavy (non-hydrogen) atoms. The maximum absolute atomic E-state index is 13.5. The molecule has 0 saturated heterocycles. The molecule has 0 unspecified atom stereocenters. The standard InChI is InChI=1S/C9H4FNS2/c10-8-6(4-11)7(12)3-5-1-2-13-9(5)8/h1-3,12H. The second-order valence-corrected chi connectivity index (χ2v) is 3.93. The van der Waals surface area contributed by atoms with E-state index in [1.165, 1.54) is 11.3 Å². The smallest absolute Gasteiger partial charge is 0.159 e. The Bertz CT molecular complexity index is 510. The molecule has 0 bridgehead atoms. The number of rotatable bonds is 0. The van der Waals surface area contributed by atoms with Gasteiger partial charge in [0.1, 0.15) is 11.6 Å². The maximum Gasteiger partial charge on any atom is 0.159 e. The van der Waals surface area contributed by atoms with Crippen molar-refractivity contribution < 1.29 is 4.39 Å². The van der Waals surface area contributed by atoms with Gasteiger partial charge in [0.25, 0.3) is 0 Å². The molecule has 0 aliphatic carbocycles. The average molecular weight is 209 g/mol. The highest BCUT2D eigenvalue weighted by atomic mass is 32.1. The Morgan fingerprint density at radius 2 is 2.31 bits per heavy atom. The van der Waals surface area contributed by atoms with Crippen LogP contribution in [0, 0.1) is 17.1 Å². The predicted octanol–water partition coefficient (Wildman–Crippen LogP) is 3.20. The molecule has 0 radical (unpaired) electrons. The van der Waals surface area contributed by atoms with Crippen molar-refractivity contribution in [2.24, 2.45) is 0 Å². The molecule has 4 heteroatoms. The van der Waals surface area contributed by atoms with E-state index in [0.29, 0.717) is 9.60 Å². The predicted molar refractivity (Wildman–Crippen MR) is 53.8 cm³/mol. The molecule has 0 saturated carbocycles. The Morgan fingerprint density at radius 1 is 1.54 bits per heavy atom. The fraction of sp³-hybridized carbons (Fsp3) is 0. The largest absolute Gasteiger partial charge is 0.204 e. The first-order chi connectivity index (χ1) is 6.24. The lowest BCUT2D eigenvalue weighted by Crippen LogP contribution is -1.85. The van der Waals surface area contributed by atoms with Crippen LogP contribution in [-0.2, 0) is 0 Å². The van der Waals surface area contributed by atoms with Gasteiger partial charge in [-0.1, -0.05) is 0 Å². The van der Waals surface area contributed by atoms with Gasteiger partial charge in [0.15, 0.2) is 5.82 Å². The molecule has 0 N–H and O–H groups in total. The van der Waals surface area contributed by atoms with Gasteiger partial charge in [-0.3, -0.25) is 0 Å². The summed E-state index contributed by atoms with van der Waals surface area (Å²) in [5, 5.41) is 11.3. The highest BCUT2D eigenvalue weighted by molar-refractivity contribution is 7.80. The minimum Gasteiger partial charge on any atom is -0.204 e. The van der Waals surface area contributed by atoms with Crippen molar-refractivity contribution in [1.82, 2.24) is 0 Å². The molecule has 0 fully saturated rings. The van der Waals surface area contributed by atoms with E-state index >= 15 is 0 Å². The molecule has 0 aliphatic heterocycles. The van der Waals surface area contributed by atoms with E-state index in [2.05, 4.69) is 12.6 Å². The molecular formula is C9H4FNS2. The molecule has 2 rings (SSSR count). The van der Waals surface area contributed by atoms with E-state index < -0.39 is 5.82 Å². The van der Waals surface area contributed by atoms with Crippen LogP contribution in [0.1, 0.15) is 5.56 Å². The van der Waals surface area contributed by atoms with E-state index in [4.69, 9.17) is 5.26 Å². The molecule has 1 aromatic carbocycles. The molecule has 0 spiro atoms. The minimum atomic E-state index is -0.458. The van der Waals surface area contributed by atoms with Crippen molar-refractivity contribution >= 4 is 34.1 Å². The minimum absolute atomic E-state index is 0.0262. The van der Waals surface area contributed by atoms with Gasteiger partial charge in [-0.25, -0.2) is 4.39 Å². The summed E-state index contributed by atoms with van der Waals surface area (Å²) in [4.78, 5) is 0.394. The van der Waals surface area contributed by atoms with Crippen molar-refractivity contribution in [3.8, 4) is 6.07 Å². The third-order valence-corrected chi connectivity index (χ3v) is 3.05. The van der Waals surface area contributed by atoms with Gasteiger partial charge in [-0.2, -0.15) is 5.26 Å². The molecule has 2 aromatic rings. The number of benzene rings is 1. The van der Waals surface area contributed by atoms with E-state index in [0.717, 1.165) is 5.39 Å². The summed E-state index contributed by atoms with van der Waals surface area (Å²) in [5.41, 5.74) is 0.0262. The van der Waals surface area contributed by atoms with Crippen LogP contribution in [0.15, 0.2) is 22.4 Å². The summed E-state index contributed by atoms with van der Waals surface area (Å²) < 4.78 is 14.0. The van der Waals surface area contributed by atoms with Crippen molar-refractivity contribution in [3.63, 3.8) is 0 Å². The van der Waals surface area contributed by atoms with Crippen LogP contribution in [0.25, 0.3) is 10.1 Å². The molecule has 0 atom stereocenters. The monoisotopic (exact) mass is 209 g/mol. The van der Waals surface area contributed by atoms with E-state index in [-0.39, 0.29) is 5.56 Å². The summed E-state index contributed by atoms with van der Waals surface area (Å²) in [7, 11) is 0. The molecule has 0 aliphatic rings. The van der Waals surface area contributed by atoms with E-state index in [9.17, 15) is 4.39 Å². The van der Waals surface area contributed by atoms with Gasteiger partial charge in [0.2, 0.25) is 0 Å². The summed E-state index contributed by atoms with van der Waals surface area (Å²) >= 11 is 5.33. The Morgan fingerprint density at radius 3 is 3.00 bits per heavy atom. The Kier molecular flexibility index (Phi) is 1.98. The van der Waals surface area contributed by atoms with E-state index in [1.807, 2.05) is 6.07 Å². The van der Waals surface area contributed by atoms with Crippen molar-refractivity contribution in [2.75, 3.05) is 0 Å². The Hall–Kier alpha value is -1.05. The zero-order valence-electron chi connectivity index (χ0n) is 6.41. The number of fused-ring (bicyclic) bond motifs is 1. The summed E-state index contributed by atoms with van der Waals surface area (Å²) in [6.45, 7) is 0. The lowest BCUT2D eigenvalue weighted by atomic mass is 10.2. The average Bonchev–Trinajstić information content (AvgIpc) is 2.53. The number of thiophene rings is 1. The summed E-state index contributed by atoms with van der Waals surface area (Å²) in [6, 6.07) is 5.32. The first-order valence-electron chi connectivity index (χ1n) is 3.53. The number of nitrogens with zero attached hydrogens (tertiary/aromatic N) is 1. The van der Waals surface area contributed by atoms with Crippen LogP contribution in [-0.4, -0.2) is 0 Å². The van der Waals surface area contributed by atoms with Crippen molar-refractivity contribution in [2.45, 2.75) is 4.90 Å². The first-order valence-corrected chi connectivity index (χ1v) is 4.85. The first kappa shape index (κ1) is 8.54. The van der Waals surface area contributed by atoms with Gasteiger partial charge >= 0.3 is 0 Å². The fourth-order valence-corrected chi connectivity index (χ4v) is 2.27. The third-order valence-electron chi connectivity index (χ3n) is 1.77. The Balaban J connectivity index is 2.95. The highest BCUT2D eigenvalue weighted by Gasteiger charge is 2.11. The molecule has 1 aromatic heterocycles. The molecule has 64 valence electrons. The number of hydrogen-bond donors (Lipinski definition) is 1. The number of halogens is 1. The highest BCUT2D eigenvalue weighted by Crippen LogP contribution is 2.30. The van der Waals surface area contributed by atoms with Crippen LogP contribution in [0.4, 0.5) is 4.39 Å². The second-order valence-electron chi connectivity index (χ2n) is 2.54. The van der Waals surface area contributed by atoms with Crippen LogP contribution in [0.3, 0.4) is 0 Å². The number of hydrogen-bond acceptors (Lipinski definition) is 3. The number of nitriles is 1. The quantitative estimate of drug-likeness (QED) is 0.662. The maximum atomic E-state index is 13.5. The van der Waals surface area contributed by atoms with Crippen LogP contribution in [0.2, 0.25) is 0 Å². The van der Waals surface area contributed by atoms with Crippen molar-refractivity contribution in [1.29, 1.82) is 5.26 Å². The SMILES string of the molecule is N#Cc1c(S)cc2ccsc2c1F. The van der Waals surface area contributed by atoms with Gasteiger partial charge in [-0.05, 0) is 22.9 Å². The topological polar surface area (TPSA) is 23.8 Å². The summed E-state index contributed by atoms with van der Waals surface area (Å²) in [6.07, 6.45) is 0. The zero-order chi connectivity index (χ0) is 9.42. The van der Waals surface area contributed by atoms with Crippen molar-refractivity contribution in [3.05, 3.63) is 28.9 Å². The molecular weight excluding hydrogens is 205 g/mol. The number of thiol groups is 1. The van der Waals surface area contributed by atoms with Crippen LogP contribution < -0.4 is 0 Å². The van der Waals surface area contributed by atoms with Gasteiger partial charge < -0.3 is 0 Å². The second kappa shape index (κ2) is 3.02. The van der Waals surface area contributed by atoms with Gasteiger partial charge in [0, 0.05) is 4.90 Å². The third kappa shape index (κ3) is 1.21. The Labute approximate surface area is 83.8 Å². The lowest BCUT2D eigenvalue weighted by molar-refractivity contribution is 0.634. The zero-order valence-corrected chi connectivity index (χ0v) is 8.12. The summed E-state index contributed by atoms with van der Waals surface area (Å²) in [5.74, 6) is -0.458. The fourth-order valence-electron chi connectivity index (χ4n) is 1.16. The van der Waals surface area contributed by atoms with Gasteiger partial charge in [-0.15, -0.1) is 24.0 Å². The van der Waals surface area contributed by atoms with Gasteiger partial charge in [0.05, 0.1) is 4.70 Å². The molecule has 1 nitrogen and oxygen atoms in total. The molecule has 0 amide bonds. The lowest BCUT2D eigenvalue weighted by Gasteiger charge is -1.98. The molecule has 1 heterocycles. The van der Waals surface area contributed by atoms with Crippen LogP contribution >= 0.6 is 24.0 Å². The normalized spacial score (nSPS) is 10.2. The van der Waals surface area contributed by atoms with Crippen LogP contribution in [0.5, 0.6) is 0 Å².